The van der Waals surface area contributed by atoms with Gasteiger partial charge in [-0.1, -0.05) is 12.8 Å². The molecule has 6 rings (SSSR count). The highest BCUT2D eigenvalue weighted by Gasteiger charge is 2.43. The SMILES string of the molecule is CCN(c1cc(-c2ccc(N3CCN(C)CC3)nc2)cc(C(=O)NCC2C(=O)NC(C)C3CCCCC23)c1C)C1CCOCC1. The summed E-state index contributed by atoms with van der Waals surface area (Å²) >= 11 is 0. The molecule has 3 aliphatic heterocycles. The van der Waals surface area contributed by atoms with Crippen molar-refractivity contribution < 1.29 is 14.3 Å². The highest BCUT2D eigenvalue weighted by atomic mass is 16.5. The van der Waals surface area contributed by atoms with Crippen molar-refractivity contribution in [2.45, 2.75) is 71.4 Å². The molecule has 3 saturated heterocycles. The first-order valence-electron chi connectivity index (χ1n) is 17.3. The van der Waals surface area contributed by atoms with Crippen LogP contribution in [0.4, 0.5) is 11.5 Å². The number of likely N-dealkylation sites (N-methyl/N-ethyl adjacent to an activating group) is 1. The second kappa shape index (κ2) is 14.1. The number of amides is 2. The summed E-state index contributed by atoms with van der Waals surface area (Å²) in [5, 5.41) is 6.43. The number of anilines is 2. The molecule has 0 bridgehead atoms. The van der Waals surface area contributed by atoms with E-state index in [0.717, 1.165) is 106 Å². The predicted molar refractivity (Wildman–Crippen MR) is 180 cm³/mol. The van der Waals surface area contributed by atoms with Gasteiger partial charge in [-0.3, -0.25) is 9.59 Å². The maximum atomic E-state index is 14.0. The summed E-state index contributed by atoms with van der Waals surface area (Å²) in [7, 11) is 2.16. The highest BCUT2D eigenvalue weighted by Crippen LogP contribution is 2.40. The van der Waals surface area contributed by atoms with Crippen LogP contribution in [0.1, 0.15) is 68.3 Å². The van der Waals surface area contributed by atoms with Gasteiger partial charge in [0.2, 0.25) is 5.91 Å². The predicted octanol–water partition coefficient (Wildman–Crippen LogP) is 4.48. The lowest BCUT2D eigenvalue weighted by atomic mass is 9.67. The molecular formula is C36H52N6O3. The van der Waals surface area contributed by atoms with Crippen LogP contribution in [0.5, 0.6) is 0 Å². The van der Waals surface area contributed by atoms with Crippen molar-refractivity contribution in [3.05, 3.63) is 41.6 Å². The molecule has 4 heterocycles. The molecule has 4 aliphatic rings. The minimum absolute atomic E-state index is 0.0836. The van der Waals surface area contributed by atoms with Crippen molar-refractivity contribution in [1.29, 1.82) is 0 Å². The normalized spacial score (nSPS) is 26.2. The number of ether oxygens (including phenoxy) is 1. The Morgan fingerprint density at radius 3 is 2.47 bits per heavy atom. The maximum absolute atomic E-state index is 14.0. The number of hydrogen-bond donors (Lipinski definition) is 2. The molecular weight excluding hydrogens is 564 g/mol. The Labute approximate surface area is 269 Å². The molecule has 1 saturated carbocycles. The number of carbonyl (C=O) groups excluding carboxylic acids is 2. The highest BCUT2D eigenvalue weighted by molar-refractivity contribution is 5.99. The van der Waals surface area contributed by atoms with Crippen molar-refractivity contribution >= 4 is 23.3 Å². The molecule has 1 aromatic heterocycles. The Kier molecular flexibility index (Phi) is 9.95. The molecule has 2 aromatic rings. The fraction of sp³-hybridized carbons (Fsp3) is 0.639. The fourth-order valence-electron chi connectivity index (χ4n) is 8.28. The van der Waals surface area contributed by atoms with Gasteiger partial charge in [-0.25, -0.2) is 4.98 Å². The summed E-state index contributed by atoms with van der Waals surface area (Å²) in [6.07, 6.45) is 8.50. The van der Waals surface area contributed by atoms with Crippen molar-refractivity contribution in [2.24, 2.45) is 17.8 Å². The molecule has 0 radical (unpaired) electrons. The van der Waals surface area contributed by atoms with E-state index in [4.69, 9.17) is 9.72 Å². The molecule has 4 fully saturated rings. The first kappa shape index (κ1) is 31.8. The zero-order chi connectivity index (χ0) is 31.5. The van der Waals surface area contributed by atoms with Crippen LogP contribution in [0.25, 0.3) is 11.1 Å². The Bertz CT molecular complexity index is 1340. The number of hydrogen-bond acceptors (Lipinski definition) is 7. The van der Waals surface area contributed by atoms with Crippen LogP contribution in [-0.2, 0) is 9.53 Å². The standard InChI is InChI=1S/C36H52N6O3/c1-5-42(28-12-18-45-19-13-28)33-21-27(26-10-11-34(37-22-26)41-16-14-40(4)15-17-41)20-31(24(33)2)35(43)38-23-32-30-9-7-6-8-29(30)25(3)39-36(32)44/h10-11,20-22,25,28-30,32H,5-9,12-19,23H2,1-4H3,(H,38,43)(H,39,44). The van der Waals surface area contributed by atoms with Gasteiger partial charge >= 0.3 is 0 Å². The van der Waals surface area contributed by atoms with Crippen LogP contribution in [0.15, 0.2) is 30.5 Å². The number of nitrogens with one attached hydrogen (secondary N) is 2. The number of piperidine rings is 1. The number of nitrogens with zero attached hydrogens (tertiary/aromatic N) is 4. The van der Waals surface area contributed by atoms with E-state index in [2.05, 4.69) is 71.4 Å². The second-order valence-electron chi connectivity index (χ2n) is 13.7. The van der Waals surface area contributed by atoms with Gasteiger partial charge in [0.1, 0.15) is 5.82 Å². The zero-order valence-electron chi connectivity index (χ0n) is 27.7. The number of pyridine rings is 1. The average Bonchev–Trinajstić information content (AvgIpc) is 3.06. The molecule has 0 spiro atoms. The minimum Gasteiger partial charge on any atom is -0.381 e. The van der Waals surface area contributed by atoms with Crippen LogP contribution in [0.3, 0.4) is 0 Å². The molecule has 2 amide bonds. The first-order valence-corrected chi connectivity index (χ1v) is 17.3. The van der Waals surface area contributed by atoms with E-state index in [-0.39, 0.29) is 23.8 Å². The molecule has 4 atom stereocenters. The zero-order valence-corrected chi connectivity index (χ0v) is 27.7. The Morgan fingerprint density at radius 1 is 1.04 bits per heavy atom. The number of piperazine rings is 1. The second-order valence-corrected chi connectivity index (χ2v) is 13.7. The molecule has 2 N–H and O–H groups in total. The van der Waals surface area contributed by atoms with Crippen molar-refractivity contribution in [2.75, 3.05) is 69.3 Å². The first-order chi connectivity index (χ1) is 21.8. The van der Waals surface area contributed by atoms with E-state index in [1.807, 2.05) is 12.3 Å². The number of aromatic nitrogens is 1. The summed E-state index contributed by atoms with van der Waals surface area (Å²) in [5.41, 5.74) is 4.72. The van der Waals surface area contributed by atoms with Gasteiger partial charge < -0.3 is 30.1 Å². The third-order valence-corrected chi connectivity index (χ3v) is 11.0. The fourth-order valence-corrected chi connectivity index (χ4v) is 8.28. The Morgan fingerprint density at radius 2 is 1.78 bits per heavy atom. The molecule has 9 nitrogen and oxygen atoms in total. The molecule has 1 aliphatic carbocycles. The molecule has 45 heavy (non-hydrogen) atoms. The van der Waals surface area contributed by atoms with E-state index in [0.29, 0.717) is 30.0 Å². The number of carbonyl (C=O) groups is 2. The van der Waals surface area contributed by atoms with Crippen molar-refractivity contribution in [3.8, 4) is 11.1 Å². The average molecular weight is 617 g/mol. The number of fused-ring (bicyclic) bond motifs is 1. The lowest BCUT2D eigenvalue weighted by Gasteiger charge is -2.44. The Hall–Kier alpha value is -3.17. The lowest BCUT2D eigenvalue weighted by molar-refractivity contribution is -0.133. The lowest BCUT2D eigenvalue weighted by Crippen LogP contribution is -2.56. The third-order valence-electron chi connectivity index (χ3n) is 11.0. The molecule has 1 aromatic carbocycles. The smallest absolute Gasteiger partial charge is 0.251 e. The van der Waals surface area contributed by atoms with Gasteiger partial charge in [0.05, 0.1) is 5.92 Å². The van der Waals surface area contributed by atoms with Crippen LogP contribution in [0, 0.1) is 24.7 Å². The van der Waals surface area contributed by atoms with Gasteiger partial charge in [0, 0.05) is 87.6 Å². The number of benzene rings is 1. The largest absolute Gasteiger partial charge is 0.381 e. The van der Waals surface area contributed by atoms with Gasteiger partial charge in [0.15, 0.2) is 0 Å². The summed E-state index contributed by atoms with van der Waals surface area (Å²) in [5.74, 6) is 1.61. The Balaban J connectivity index is 1.28. The van der Waals surface area contributed by atoms with E-state index in [9.17, 15) is 9.59 Å². The summed E-state index contributed by atoms with van der Waals surface area (Å²) < 4.78 is 5.69. The quantitative estimate of drug-likeness (QED) is 0.452. The van der Waals surface area contributed by atoms with Crippen LogP contribution < -0.4 is 20.4 Å². The van der Waals surface area contributed by atoms with Crippen molar-refractivity contribution in [3.63, 3.8) is 0 Å². The number of rotatable bonds is 8. The topological polar surface area (TPSA) is 90.0 Å². The molecule has 9 heteroatoms. The summed E-state index contributed by atoms with van der Waals surface area (Å²) in [6, 6.07) is 9.07. The molecule has 4 unspecified atom stereocenters. The minimum atomic E-state index is -0.181. The van der Waals surface area contributed by atoms with Crippen molar-refractivity contribution in [1.82, 2.24) is 20.5 Å². The monoisotopic (exact) mass is 616 g/mol. The maximum Gasteiger partial charge on any atom is 0.251 e. The van der Waals surface area contributed by atoms with E-state index >= 15 is 0 Å². The van der Waals surface area contributed by atoms with Crippen LogP contribution >= 0.6 is 0 Å². The van der Waals surface area contributed by atoms with Gasteiger partial charge in [-0.2, -0.15) is 0 Å². The molecule has 244 valence electrons. The van der Waals surface area contributed by atoms with E-state index < -0.39 is 0 Å². The van der Waals surface area contributed by atoms with E-state index in [1.165, 1.54) is 6.42 Å². The summed E-state index contributed by atoms with van der Waals surface area (Å²) in [4.78, 5) is 39.2. The van der Waals surface area contributed by atoms with E-state index in [1.54, 1.807) is 0 Å². The third kappa shape index (κ3) is 6.85. The van der Waals surface area contributed by atoms with Gasteiger partial charge in [-0.05, 0) is 101 Å². The van der Waals surface area contributed by atoms with Gasteiger partial charge in [0.25, 0.3) is 5.91 Å². The van der Waals surface area contributed by atoms with Crippen LogP contribution in [-0.4, -0.2) is 93.3 Å². The van der Waals surface area contributed by atoms with Crippen LogP contribution in [0.2, 0.25) is 0 Å². The summed E-state index contributed by atoms with van der Waals surface area (Å²) in [6.45, 7) is 13.1. The van der Waals surface area contributed by atoms with Gasteiger partial charge in [-0.15, -0.1) is 0 Å².